The Morgan fingerprint density at radius 1 is 1.29 bits per heavy atom. The molecule has 0 aliphatic heterocycles. The monoisotopic (exact) mass is 299 g/mol. The van der Waals surface area contributed by atoms with Crippen LogP contribution in [-0.4, -0.2) is 18.1 Å². The Kier molecular flexibility index (Phi) is 5.44. The van der Waals surface area contributed by atoms with E-state index in [0.717, 1.165) is 11.1 Å². The maximum absolute atomic E-state index is 12.0. The number of benzene rings is 2. The van der Waals surface area contributed by atoms with E-state index in [4.69, 9.17) is 4.74 Å². The molecule has 4 nitrogen and oxygen atoms in total. The molecule has 2 aromatic carbocycles. The average molecular weight is 299 g/mol. The summed E-state index contributed by atoms with van der Waals surface area (Å²) >= 11 is 0. The molecule has 0 aliphatic rings. The second kappa shape index (κ2) is 7.78. The standard InChI is InChI=1S/C17H15NO3/c19-13-18-16(11-14-7-3-1-4-8-14)17(20)21-12-15-9-5-2-6-10-15/h1-10,16H,11-12H2/t16-/m0/s1/i1+2,3+2,4+2,7+2,8+2,11+2,14+2,16+2,17+2. The van der Waals surface area contributed by atoms with Gasteiger partial charge in [-0.05, 0) is 11.1 Å². The van der Waals surface area contributed by atoms with Crippen LogP contribution in [0.1, 0.15) is 11.1 Å². The number of carbonyl (C=O) groups is 1. The molecular weight excluding hydrogens is 284 g/mol. The Morgan fingerprint density at radius 3 is 2.67 bits per heavy atom. The van der Waals surface area contributed by atoms with Crippen LogP contribution in [0, 0.1) is 0 Å². The first-order valence-electron chi connectivity index (χ1n) is 6.61. The number of ether oxygens (including phenoxy) is 1. The van der Waals surface area contributed by atoms with E-state index in [-0.39, 0.29) is 6.61 Å². The van der Waals surface area contributed by atoms with E-state index >= 15 is 0 Å². The summed E-state index contributed by atoms with van der Waals surface area (Å²) in [6, 6.07) is 17.9. The van der Waals surface area contributed by atoms with Crippen LogP contribution in [0.2, 0.25) is 0 Å². The van der Waals surface area contributed by atoms with Gasteiger partial charge in [-0.15, -0.1) is 0 Å². The normalized spacial score (nSPS) is 11.2. The Bertz CT molecular complexity index is 619. The molecule has 0 heterocycles. The first kappa shape index (κ1) is 14.7. The molecule has 4 heteroatoms. The SMILES string of the molecule is O=C=N[14C@@H]([14CH2][14c]1[14cH][14cH][14cH][14cH][14cH]1)[14C](=O)OCc1ccccc1. The molecule has 106 valence electrons. The molecule has 1 atom stereocenters. The van der Waals surface area contributed by atoms with Gasteiger partial charge in [0.25, 0.3) is 0 Å². The van der Waals surface area contributed by atoms with E-state index in [9.17, 15) is 9.59 Å². The quantitative estimate of drug-likeness (QED) is 0.468. The van der Waals surface area contributed by atoms with Crippen molar-refractivity contribution < 1.29 is 14.3 Å². The third-order valence-electron chi connectivity index (χ3n) is 2.98. The Morgan fingerprint density at radius 2 is 2.00 bits per heavy atom. The van der Waals surface area contributed by atoms with Crippen LogP contribution in [0.3, 0.4) is 0 Å². The zero-order chi connectivity index (χ0) is 14.9. The first-order chi connectivity index (χ1) is 10.3. The molecule has 0 aromatic heterocycles. The van der Waals surface area contributed by atoms with Gasteiger partial charge in [0.15, 0.2) is 6.04 Å². The molecule has 0 amide bonds. The topological polar surface area (TPSA) is 55.7 Å². The molecule has 2 aromatic rings. The molecule has 0 unspecified atom stereocenters. The molecule has 0 spiro atoms. The van der Waals surface area contributed by atoms with Gasteiger partial charge in [-0.2, -0.15) is 4.99 Å². The van der Waals surface area contributed by atoms with Crippen molar-refractivity contribution in [1.29, 1.82) is 0 Å². The summed E-state index contributed by atoms with van der Waals surface area (Å²) in [5.74, 6) is -0.522. The van der Waals surface area contributed by atoms with Gasteiger partial charge in [0.05, 0.1) is 0 Å². The van der Waals surface area contributed by atoms with Crippen LogP contribution in [0.4, 0.5) is 0 Å². The summed E-state index contributed by atoms with van der Waals surface area (Å²) in [7, 11) is 0. The second-order valence-electron chi connectivity index (χ2n) is 4.52. The van der Waals surface area contributed by atoms with Gasteiger partial charge in [0, 0.05) is 6.42 Å². The highest BCUT2D eigenvalue weighted by Crippen LogP contribution is 2.09. The minimum atomic E-state index is -0.853. The highest BCUT2D eigenvalue weighted by molar-refractivity contribution is 5.77. The van der Waals surface area contributed by atoms with Gasteiger partial charge in [-0.3, -0.25) is 0 Å². The van der Waals surface area contributed by atoms with Crippen molar-refractivity contribution >= 4 is 12.0 Å². The van der Waals surface area contributed by atoms with Crippen molar-refractivity contribution in [2.45, 2.75) is 19.1 Å². The summed E-state index contributed by atoms with van der Waals surface area (Å²) in [5, 5.41) is 0. The van der Waals surface area contributed by atoms with Gasteiger partial charge < -0.3 is 4.74 Å². The largest absolute Gasteiger partial charge is 0.459 e. The van der Waals surface area contributed by atoms with Gasteiger partial charge in [0.2, 0.25) is 6.08 Å². The van der Waals surface area contributed by atoms with Crippen LogP contribution < -0.4 is 0 Å². The molecule has 0 bridgehead atoms. The van der Waals surface area contributed by atoms with Crippen molar-refractivity contribution in [3.05, 3.63) is 71.8 Å². The lowest BCUT2D eigenvalue weighted by atomic mass is 10.2. The van der Waals surface area contributed by atoms with E-state index in [2.05, 4.69) is 4.99 Å². The number of nitrogens with zero attached hydrogens (tertiary/aromatic N) is 1. The maximum atomic E-state index is 12.0. The van der Waals surface area contributed by atoms with Crippen molar-refractivity contribution in [3.63, 3.8) is 0 Å². The number of hydrogen-bond acceptors (Lipinski definition) is 4. The van der Waals surface area contributed by atoms with Gasteiger partial charge in [-0.1, -0.05) is 60.7 Å². The first-order valence-corrected chi connectivity index (χ1v) is 6.61. The number of carbonyl (C=O) groups excluding carboxylic acids is 2. The smallest absolute Gasteiger partial charge is 0.332 e. The lowest BCUT2D eigenvalue weighted by Gasteiger charge is -2.11. The third-order valence-corrected chi connectivity index (χ3v) is 2.98. The van der Waals surface area contributed by atoms with E-state index in [0.29, 0.717) is 6.42 Å². The van der Waals surface area contributed by atoms with Crippen molar-refractivity contribution in [2.75, 3.05) is 0 Å². The van der Waals surface area contributed by atoms with Gasteiger partial charge in [0.1, 0.15) is 6.61 Å². The fraction of sp³-hybridized carbons (Fsp3) is 0.176. The van der Waals surface area contributed by atoms with Crippen molar-refractivity contribution in [1.82, 2.24) is 0 Å². The van der Waals surface area contributed by atoms with E-state index < -0.39 is 12.0 Å². The number of aliphatic imine (C=N–C) groups is 1. The summed E-state index contributed by atoms with van der Waals surface area (Å²) in [4.78, 5) is 26.1. The van der Waals surface area contributed by atoms with Crippen LogP contribution in [0.5, 0.6) is 0 Å². The molecular formula is C17H15NO3. The minimum Gasteiger partial charge on any atom is -0.459 e. The summed E-state index contributed by atoms with van der Waals surface area (Å²) < 4.78 is 5.20. The van der Waals surface area contributed by atoms with Crippen LogP contribution in [0.15, 0.2) is 65.7 Å². The molecule has 0 saturated heterocycles. The van der Waals surface area contributed by atoms with Crippen molar-refractivity contribution in [2.24, 2.45) is 4.99 Å². The summed E-state index contributed by atoms with van der Waals surface area (Å²) in [6.07, 6.45) is 1.76. The summed E-state index contributed by atoms with van der Waals surface area (Å²) in [5.41, 5.74) is 1.80. The number of isocyanates is 1. The fourth-order valence-electron chi connectivity index (χ4n) is 1.91. The number of esters is 1. The maximum Gasteiger partial charge on any atom is 0.332 e. The Balaban J connectivity index is 1.97. The average Bonchev–Trinajstić information content (AvgIpc) is 2.54. The predicted molar refractivity (Wildman–Crippen MR) is 78.3 cm³/mol. The van der Waals surface area contributed by atoms with Gasteiger partial charge >= 0.3 is 5.97 Å². The second-order valence-corrected chi connectivity index (χ2v) is 4.52. The zero-order valence-electron chi connectivity index (χ0n) is 11.4. The molecule has 0 aliphatic carbocycles. The lowest BCUT2D eigenvalue weighted by Crippen LogP contribution is -2.23. The molecule has 0 fully saturated rings. The fourth-order valence-corrected chi connectivity index (χ4v) is 1.91. The van der Waals surface area contributed by atoms with E-state index in [1.807, 2.05) is 60.7 Å². The van der Waals surface area contributed by atoms with Gasteiger partial charge in [-0.25, -0.2) is 9.59 Å². The Labute approximate surface area is 123 Å². The predicted octanol–water partition coefficient (Wildman–Crippen LogP) is 2.68. The van der Waals surface area contributed by atoms with E-state index in [1.165, 1.54) is 6.08 Å². The molecule has 0 radical (unpaired) electrons. The van der Waals surface area contributed by atoms with E-state index in [1.54, 1.807) is 0 Å². The minimum absolute atomic E-state index is 0.166. The lowest BCUT2D eigenvalue weighted by molar-refractivity contribution is -0.146. The number of rotatable bonds is 6. The Hall–Kier alpha value is -2.71. The molecule has 2 rings (SSSR count). The third kappa shape index (κ3) is 4.71. The van der Waals surface area contributed by atoms with Crippen LogP contribution in [0.25, 0.3) is 0 Å². The van der Waals surface area contributed by atoms with Crippen molar-refractivity contribution in [3.8, 4) is 0 Å². The number of hydrogen-bond donors (Lipinski definition) is 0. The van der Waals surface area contributed by atoms with Crippen LogP contribution >= 0.6 is 0 Å². The molecule has 21 heavy (non-hydrogen) atoms. The highest BCUT2D eigenvalue weighted by Gasteiger charge is 2.19. The highest BCUT2D eigenvalue weighted by atomic mass is 16.8. The molecule has 0 saturated carbocycles. The molecule has 0 N–H and O–H groups in total. The van der Waals surface area contributed by atoms with Crippen LogP contribution in [-0.2, 0) is 27.4 Å². The zero-order valence-corrected chi connectivity index (χ0v) is 11.4. The summed E-state index contributed by atoms with van der Waals surface area (Å²) in [6.45, 7) is 0.166.